The van der Waals surface area contributed by atoms with E-state index in [1.165, 1.54) is 18.2 Å². The number of carbonyl (C=O) groups is 1. The van der Waals surface area contributed by atoms with Gasteiger partial charge in [-0.25, -0.2) is 4.79 Å². The van der Waals surface area contributed by atoms with Gasteiger partial charge in [-0.2, -0.15) is 0 Å². The first-order chi connectivity index (χ1) is 10.2. The first-order valence-corrected chi connectivity index (χ1v) is 7.19. The number of anilines is 1. The molecule has 1 aliphatic carbocycles. The minimum atomic E-state index is -0.298. The van der Waals surface area contributed by atoms with Gasteiger partial charge in [-0.05, 0) is 48.6 Å². The van der Waals surface area contributed by atoms with Gasteiger partial charge in [0.25, 0.3) is 0 Å². The smallest absolute Gasteiger partial charge is 0.337 e. The van der Waals surface area contributed by atoms with E-state index in [1.54, 1.807) is 6.07 Å². The SMILES string of the molecule is COC(=O)c1ccc(C)c(NC2Cc3ccccc3C2)c1. The van der Waals surface area contributed by atoms with E-state index in [0.717, 1.165) is 24.1 Å². The van der Waals surface area contributed by atoms with Crippen molar-refractivity contribution >= 4 is 11.7 Å². The van der Waals surface area contributed by atoms with E-state index < -0.39 is 0 Å². The third kappa shape index (κ3) is 2.77. The number of aryl methyl sites for hydroxylation is 1. The molecule has 2 aromatic rings. The number of methoxy groups -OCH3 is 1. The van der Waals surface area contributed by atoms with E-state index in [-0.39, 0.29) is 5.97 Å². The summed E-state index contributed by atoms with van der Waals surface area (Å²) in [7, 11) is 1.41. The molecule has 0 amide bonds. The summed E-state index contributed by atoms with van der Waals surface area (Å²) in [5.41, 5.74) is 5.56. The van der Waals surface area contributed by atoms with Crippen LogP contribution in [0, 0.1) is 6.92 Å². The number of fused-ring (bicyclic) bond motifs is 1. The Hall–Kier alpha value is -2.29. The molecule has 0 saturated heterocycles. The molecule has 3 rings (SSSR count). The number of esters is 1. The Morgan fingerprint density at radius 2 is 1.81 bits per heavy atom. The van der Waals surface area contributed by atoms with Crippen molar-refractivity contribution in [2.75, 3.05) is 12.4 Å². The van der Waals surface area contributed by atoms with E-state index in [2.05, 4.69) is 29.6 Å². The molecule has 0 bridgehead atoms. The molecule has 108 valence electrons. The normalized spacial score (nSPS) is 13.8. The average molecular weight is 281 g/mol. The number of benzene rings is 2. The third-order valence-electron chi connectivity index (χ3n) is 4.07. The number of nitrogens with one attached hydrogen (secondary N) is 1. The number of rotatable bonds is 3. The monoisotopic (exact) mass is 281 g/mol. The lowest BCUT2D eigenvalue weighted by molar-refractivity contribution is 0.0601. The molecule has 0 spiro atoms. The van der Waals surface area contributed by atoms with E-state index in [4.69, 9.17) is 4.74 Å². The topological polar surface area (TPSA) is 38.3 Å². The number of hydrogen-bond acceptors (Lipinski definition) is 3. The van der Waals surface area contributed by atoms with Crippen LogP contribution in [0.2, 0.25) is 0 Å². The zero-order valence-corrected chi connectivity index (χ0v) is 12.3. The van der Waals surface area contributed by atoms with Gasteiger partial charge in [0.2, 0.25) is 0 Å². The zero-order chi connectivity index (χ0) is 14.8. The van der Waals surface area contributed by atoms with Crippen LogP contribution >= 0.6 is 0 Å². The standard InChI is InChI=1S/C18H19NO2/c1-12-7-8-15(18(20)21-2)11-17(12)19-16-9-13-5-3-4-6-14(13)10-16/h3-8,11,16,19H,9-10H2,1-2H3. The number of hydrogen-bond donors (Lipinski definition) is 1. The van der Waals surface area contributed by atoms with Gasteiger partial charge in [-0.3, -0.25) is 0 Å². The summed E-state index contributed by atoms with van der Waals surface area (Å²) >= 11 is 0. The third-order valence-corrected chi connectivity index (χ3v) is 4.07. The molecule has 0 unspecified atom stereocenters. The van der Waals surface area contributed by atoms with Crippen molar-refractivity contribution < 1.29 is 9.53 Å². The summed E-state index contributed by atoms with van der Waals surface area (Å²) in [6.07, 6.45) is 2.05. The van der Waals surface area contributed by atoms with Gasteiger partial charge in [-0.15, -0.1) is 0 Å². The maximum Gasteiger partial charge on any atom is 0.337 e. The summed E-state index contributed by atoms with van der Waals surface area (Å²) in [5.74, 6) is -0.298. The Kier molecular flexibility index (Phi) is 3.65. The minimum absolute atomic E-state index is 0.298. The first-order valence-electron chi connectivity index (χ1n) is 7.19. The summed E-state index contributed by atoms with van der Waals surface area (Å²) in [6.45, 7) is 2.05. The Balaban J connectivity index is 1.78. The molecular formula is C18H19NO2. The second-order valence-corrected chi connectivity index (χ2v) is 5.54. The fraction of sp³-hybridized carbons (Fsp3) is 0.278. The van der Waals surface area contributed by atoms with Crippen LogP contribution in [0.1, 0.15) is 27.0 Å². The Labute approximate surface area is 124 Å². The summed E-state index contributed by atoms with van der Waals surface area (Å²) in [5, 5.41) is 3.57. The van der Waals surface area contributed by atoms with Crippen LogP contribution in [-0.2, 0) is 17.6 Å². The number of ether oxygens (including phenoxy) is 1. The van der Waals surface area contributed by atoms with Gasteiger partial charge >= 0.3 is 5.97 Å². The lowest BCUT2D eigenvalue weighted by Crippen LogP contribution is -2.20. The fourth-order valence-electron chi connectivity index (χ4n) is 2.90. The fourth-order valence-corrected chi connectivity index (χ4v) is 2.90. The van der Waals surface area contributed by atoms with Gasteiger partial charge in [-0.1, -0.05) is 30.3 Å². The summed E-state index contributed by atoms with van der Waals surface area (Å²) in [6, 6.07) is 14.6. The van der Waals surface area contributed by atoms with Gasteiger partial charge in [0.05, 0.1) is 12.7 Å². The van der Waals surface area contributed by atoms with Crippen molar-refractivity contribution in [3.8, 4) is 0 Å². The second kappa shape index (κ2) is 5.60. The lowest BCUT2D eigenvalue weighted by atomic mass is 10.1. The van der Waals surface area contributed by atoms with Gasteiger partial charge in [0.1, 0.15) is 0 Å². The molecule has 3 nitrogen and oxygen atoms in total. The van der Waals surface area contributed by atoms with Crippen molar-refractivity contribution in [1.29, 1.82) is 0 Å². The van der Waals surface area contributed by atoms with Crippen molar-refractivity contribution in [2.45, 2.75) is 25.8 Å². The van der Waals surface area contributed by atoms with Gasteiger partial charge in [0, 0.05) is 11.7 Å². The summed E-state index contributed by atoms with van der Waals surface area (Å²) < 4.78 is 4.79. The molecule has 1 aliphatic rings. The molecule has 21 heavy (non-hydrogen) atoms. The van der Waals surface area contributed by atoms with Crippen LogP contribution in [0.15, 0.2) is 42.5 Å². The van der Waals surface area contributed by atoms with Crippen LogP contribution in [0.5, 0.6) is 0 Å². The highest BCUT2D eigenvalue weighted by atomic mass is 16.5. The molecule has 1 N–H and O–H groups in total. The Morgan fingerprint density at radius 3 is 2.43 bits per heavy atom. The van der Waals surface area contributed by atoms with Crippen molar-refractivity contribution in [3.05, 3.63) is 64.7 Å². The molecule has 0 radical (unpaired) electrons. The van der Waals surface area contributed by atoms with E-state index in [0.29, 0.717) is 11.6 Å². The second-order valence-electron chi connectivity index (χ2n) is 5.54. The lowest BCUT2D eigenvalue weighted by Gasteiger charge is -2.16. The maximum atomic E-state index is 11.6. The molecule has 0 heterocycles. The van der Waals surface area contributed by atoms with Crippen LogP contribution < -0.4 is 5.32 Å². The zero-order valence-electron chi connectivity index (χ0n) is 12.3. The highest BCUT2D eigenvalue weighted by Gasteiger charge is 2.21. The van der Waals surface area contributed by atoms with Crippen LogP contribution in [0.3, 0.4) is 0 Å². The molecule has 0 aromatic heterocycles. The van der Waals surface area contributed by atoms with E-state index in [1.807, 2.05) is 19.1 Å². The number of carbonyl (C=O) groups excluding carboxylic acids is 1. The van der Waals surface area contributed by atoms with Crippen LogP contribution in [-0.4, -0.2) is 19.1 Å². The quantitative estimate of drug-likeness (QED) is 0.877. The maximum absolute atomic E-state index is 11.6. The van der Waals surface area contributed by atoms with Crippen molar-refractivity contribution in [1.82, 2.24) is 0 Å². The highest BCUT2D eigenvalue weighted by Crippen LogP contribution is 2.26. The first kappa shape index (κ1) is 13.7. The Bertz CT molecular complexity index is 654. The molecule has 0 atom stereocenters. The molecule has 0 aliphatic heterocycles. The predicted molar refractivity (Wildman–Crippen MR) is 83.8 cm³/mol. The predicted octanol–water partition coefficient (Wildman–Crippen LogP) is 3.36. The van der Waals surface area contributed by atoms with E-state index >= 15 is 0 Å². The largest absolute Gasteiger partial charge is 0.465 e. The average Bonchev–Trinajstić information content (AvgIpc) is 2.91. The Morgan fingerprint density at radius 1 is 1.14 bits per heavy atom. The van der Waals surface area contributed by atoms with E-state index in [9.17, 15) is 4.79 Å². The molecule has 0 fully saturated rings. The molecule has 3 heteroatoms. The summed E-state index contributed by atoms with van der Waals surface area (Å²) in [4.78, 5) is 11.6. The molecule has 2 aromatic carbocycles. The van der Waals surface area contributed by atoms with Gasteiger partial charge in [0.15, 0.2) is 0 Å². The van der Waals surface area contributed by atoms with Crippen molar-refractivity contribution in [3.63, 3.8) is 0 Å². The van der Waals surface area contributed by atoms with Crippen LogP contribution in [0.4, 0.5) is 5.69 Å². The van der Waals surface area contributed by atoms with Gasteiger partial charge < -0.3 is 10.1 Å². The van der Waals surface area contributed by atoms with Crippen molar-refractivity contribution in [2.24, 2.45) is 0 Å². The molecular weight excluding hydrogens is 262 g/mol. The molecule has 0 saturated carbocycles. The van der Waals surface area contributed by atoms with Crippen LogP contribution in [0.25, 0.3) is 0 Å². The minimum Gasteiger partial charge on any atom is -0.465 e. The highest BCUT2D eigenvalue weighted by molar-refractivity contribution is 5.90.